The van der Waals surface area contributed by atoms with E-state index < -0.39 is 0 Å². The van der Waals surface area contributed by atoms with E-state index in [1.165, 1.54) is 43.8 Å². The molecule has 0 aromatic heterocycles. The lowest BCUT2D eigenvalue weighted by Crippen LogP contribution is -2.06. The van der Waals surface area contributed by atoms with Gasteiger partial charge >= 0.3 is 0 Å². The van der Waals surface area contributed by atoms with E-state index in [0.717, 1.165) is 17.9 Å². The van der Waals surface area contributed by atoms with Crippen molar-refractivity contribution in [2.75, 3.05) is 0 Å². The van der Waals surface area contributed by atoms with Crippen molar-refractivity contribution < 1.29 is 4.74 Å². The van der Waals surface area contributed by atoms with Crippen LogP contribution in [-0.4, -0.2) is 0 Å². The number of ether oxygens (including phenoxy) is 1. The zero-order valence-corrected chi connectivity index (χ0v) is 11.9. The van der Waals surface area contributed by atoms with E-state index in [0.29, 0.717) is 0 Å². The molecule has 1 nitrogen and oxygen atoms in total. The number of hydrogen-bond acceptors (Lipinski definition) is 1. The lowest BCUT2D eigenvalue weighted by atomic mass is 9.80. The van der Waals surface area contributed by atoms with Crippen LogP contribution in [0, 0.1) is 0 Å². The standard InChI is InChI=1S/C21H12O/c1-3-12-9-10-17-21-18(12)14(5-1)11-15-8-7-13-4-2-6-16(22-17)19(13)20(15)21/h1-10H,11H2. The van der Waals surface area contributed by atoms with E-state index in [1.807, 2.05) is 0 Å². The third kappa shape index (κ3) is 1.13. The molecule has 4 aromatic rings. The Morgan fingerprint density at radius 1 is 0.591 bits per heavy atom. The summed E-state index contributed by atoms with van der Waals surface area (Å²) in [7, 11) is 0. The fourth-order valence-electron chi connectivity index (χ4n) is 4.15. The summed E-state index contributed by atoms with van der Waals surface area (Å²) in [6.07, 6.45) is 1.01. The molecule has 0 atom stereocenters. The van der Waals surface area contributed by atoms with Crippen LogP contribution >= 0.6 is 0 Å². The lowest BCUT2D eigenvalue weighted by Gasteiger charge is -2.29. The van der Waals surface area contributed by atoms with E-state index in [2.05, 4.69) is 60.7 Å². The summed E-state index contributed by atoms with van der Waals surface area (Å²) in [4.78, 5) is 0. The van der Waals surface area contributed by atoms with Crippen molar-refractivity contribution in [3.05, 3.63) is 71.8 Å². The highest BCUT2D eigenvalue weighted by molar-refractivity contribution is 6.14. The molecular formula is C21H12O. The summed E-state index contributed by atoms with van der Waals surface area (Å²) in [5.41, 5.74) is 5.50. The first-order valence-corrected chi connectivity index (χ1v) is 7.67. The molecule has 4 aromatic carbocycles. The Bertz CT molecular complexity index is 1030. The van der Waals surface area contributed by atoms with Crippen LogP contribution in [0.3, 0.4) is 0 Å². The molecule has 0 fully saturated rings. The molecule has 0 N–H and O–H groups in total. The Kier molecular flexibility index (Phi) is 1.73. The highest BCUT2D eigenvalue weighted by Gasteiger charge is 2.28. The largest absolute Gasteiger partial charge is 0.456 e. The molecular weight excluding hydrogens is 268 g/mol. The Hall–Kier alpha value is -2.80. The highest BCUT2D eigenvalue weighted by atomic mass is 16.5. The highest BCUT2D eigenvalue weighted by Crippen LogP contribution is 2.53. The fourth-order valence-corrected chi connectivity index (χ4v) is 4.15. The average Bonchev–Trinajstić information content (AvgIpc) is 2.57. The van der Waals surface area contributed by atoms with Gasteiger partial charge in [0.1, 0.15) is 11.5 Å². The summed E-state index contributed by atoms with van der Waals surface area (Å²) < 4.78 is 6.24. The molecule has 0 radical (unpaired) electrons. The lowest BCUT2D eigenvalue weighted by molar-refractivity contribution is 0.487. The van der Waals surface area contributed by atoms with Gasteiger partial charge in [-0.25, -0.2) is 0 Å². The molecule has 1 heteroatoms. The predicted octanol–water partition coefficient (Wildman–Crippen LogP) is 5.67. The van der Waals surface area contributed by atoms with Gasteiger partial charge in [-0.2, -0.15) is 0 Å². The quantitative estimate of drug-likeness (QED) is 0.348. The Morgan fingerprint density at radius 2 is 1.41 bits per heavy atom. The maximum Gasteiger partial charge on any atom is 0.135 e. The molecule has 0 saturated heterocycles. The van der Waals surface area contributed by atoms with E-state index >= 15 is 0 Å². The van der Waals surface area contributed by atoms with Crippen LogP contribution in [-0.2, 0) is 6.42 Å². The maximum atomic E-state index is 6.24. The van der Waals surface area contributed by atoms with E-state index in [1.54, 1.807) is 0 Å². The first kappa shape index (κ1) is 10.9. The van der Waals surface area contributed by atoms with Crippen molar-refractivity contribution in [3.63, 3.8) is 0 Å². The Morgan fingerprint density at radius 3 is 2.36 bits per heavy atom. The van der Waals surface area contributed by atoms with Crippen molar-refractivity contribution in [1.29, 1.82) is 0 Å². The minimum absolute atomic E-state index is 0.987. The number of rotatable bonds is 0. The predicted molar refractivity (Wildman–Crippen MR) is 89.8 cm³/mol. The fraction of sp³-hybridized carbons (Fsp3) is 0.0476. The maximum absolute atomic E-state index is 6.24. The molecule has 1 heterocycles. The number of benzene rings is 4. The molecule has 6 rings (SSSR count). The minimum atomic E-state index is 0.987. The molecule has 1 aliphatic carbocycles. The molecule has 0 bridgehead atoms. The summed E-state index contributed by atoms with van der Waals surface area (Å²) in [5, 5.41) is 5.21. The van der Waals surface area contributed by atoms with Gasteiger partial charge in [-0.15, -0.1) is 0 Å². The third-order valence-corrected chi connectivity index (χ3v) is 5.04. The monoisotopic (exact) mass is 280 g/mol. The van der Waals surface area contributed by atoms with Crippen LogP contribution in [0.4, 0.5) is 0 Å². The smallest absolute Gasteiger partial charge is 0.135 e. The summed E-state index contributed by atoms with van der Waals surface area (Å²) in [6, 6.07) is 21.7. The van der Waals surface area contributed by atoms with Gasteiger partial charge in [0, 0.05) is 16.5 Å². The van der Waals surface area contributed by atoms with Gasteiger partial charge in [0.2, 0.25) is 0 Å². The summed E-state index contributed by atoms with van der Waals surface area (Å²) >= 11 is 0. The second-order valence-corrected chi connectivity index (χ2v) is 6.19. The molecule has 22 heavy (non-hydrogen) atoms. The van der Waals surface area contributed by atoms with Gasteiger partial charge in [0.05, 0.1) is 0 Å². The van der Waals surface area contributed by atoms with Crippen LogP contribution < -0.4 is 4.74 Å². The van der Waals surface area contributed by atoms with Crippen molar-refractivity contribution >= 4 is 21.5 Å². The molecule has 2 aliphatic rings. The number of hydrogen-bond donors (Lipinski definition) is 0. The first-order chi connectivity index (χ1) is 10.9. The van der Waals surface area contributed by atoms with Gasteiger partial charge in [0.25, 0.3) is 0 Å². The molecule has 0 unspecified atom stereocenters. The van der Waals surface area contributed by atoms with Gasteiger partial charge in [0.15, 0.2) is 0 Å². The average molecular weight is 280 g/mol. The van der Waals surface area contributed by atoms with E-state index in [-0.39, 0.29) is 0 Å². The van der Waals surface area contributed by atoms with Gasteiger partial charge in [-0.1, -0.05) is 48.5 Å². The molecule has 1 aliphatic heterocycles. The molecule has 0 saturated carbocycles. The van der Waals surface area contributed by atoms with Crippen LogP contribution in [0.5, 0.6) is 11.5 Å². The SMILES string of the molecule is c1cc2c3c4c(ccc3c1)Oc1cccc3ccc(c-4c13)C2. The second-order valence-electron chi connectivity index (χ2n) is 6.19. The summed E-state index contributed by atoms with van der Waals surface area (Å²) in [6.45, 7) is 0. The molecule has 0 spiro atoms. The van der Waals surface area contributed by atoms with E-state index in [4.69, 9.17) is 4.74 Å². The summed E-state index contributed by atoms with van der Waals surface area (Å²) in [5.74, 6) is 1.98. The zero-order valence-electron chi connectivity index (χ0n) is 11.9. The van der Waals surface area contributed by atoms with Crippen molar-refractivity contribution in [2.24, 2.45) is 0 Å². The van der Waals surface area contributed by atoms with Gasteiger partial charge in [-0.05, 0) is 45.8 Å². The van der Waals surface area contributed by atoms with Crippen molar-refractivity contribution in [2.45, 2.75) is 6.42 Å². The zero-order chi connectivity index (χ0) is 14.3. The second kappa shape index (κ2) is 3.50. The minimum Gasteiger partial charge on any atom is -0.456 e. The van der Waals surface area contributed by atoms with Crippen LogP contribution in [0.25, 0.3) is 32.7 Å². The van der Waals surface area contributed by atoms with Crippen molar-refractivity contribution in [1.82, 2.24) is 0 Å². The van der Waals surface area contributed by atoms with Crippen LogP contribution in [0.15, 0.2) is 60.7 Å². The molecule has 0 amide bonds. The molecule has 102 valence electrons. The van der Waals surface area contributed by atoms with Crippen LogP contribution in [0.2, 0.25) is 0 Å². The normalized spacial score (nSPS) is 13.6. The first-order valence-electron chi connectivity index (χ1n) is 7.67. The Labute approximate surface area is 127 Å². The van der Waals surface area contributed by atoms with Crippen molar-refractivity contribution in [3.8, 4) is 22.6 Å². The third-order valence-electron chi connectivity index (χ3n) is 5.04. The Balaban J connectivity index is 1.95. The topological polar surface area (TPSA) is 9.23 Å². The van der Waals surface area contributed by atoms with E-state index in [9.17, 15) is 0 Å². The van der Waals surface area contributed by atoms with Gasteiger partial charge < -0.3 is 4.74 Å². The van der Waals surface area contributed by atoms with Crippen LogP contribution in [0.1, 0.15) is 11.1 Å². The van der Waals surface area contributed by atoms with Gasteiger partial charge in [-0.3, -0.25) is 0 Å².